The average Bonchev–Trinajstić information content (AvgIpc) is 3.25. The largest absolute Gasteiger partial charge is 0.460 e. The Balaban J connectivity index is 1.34. The minimum Gasteiger partial charge on any atom is -0.457 e. The van der Waals surface area contributed by atoms with Crippen LogP contribution in [-0.4, -0.2) is 0 Å². The minimum atomic E-state index is -4.08. The summed E-state index contributed by atoms with van der Waals surface area (Å²) in [6.07, 6.45) is 0. The van der Waals surface area contributed by atoms with Gasteiger partial charge in [-0.2, -0.15) is 10.5 Å². The lowest BCUT2D eigenvalue weighted by atomic mass is 10.1. The average molecular weight is 836 g/mol. The minimum absolute atomic E-state index is 0.199. The van der Waals surface area contributed by atoms with E-state index in [1.165, 1.54) is 12.1 Å². The van der Waals surface area contributed by atoms with Gasteiger partial charge in [0.1, 0.15) is 58.1 Å². The Labute approximate surface area is 341 Å². The van der Waals surface area contributed by atoms with Crippen molar-refractivity contribution in [1.82, 2.24) is 0 Å². The van der Waals surface area contributed by atoms with Gasteiger partial charge in [-0.05, 0) is 103 Å². The van der Waals surface area contributed by atoms with Gasteiger partial charge in [0, 0.05) is 0 Å². The van der Waals surface area contributed by atoms with Crippen molar-refractivity contribution < 1.29 is 31.9 Å². The summed E-state index contributed by atoms with van der Waals surface area (Å²) >= 11 is 0. The SMILES string of the molecule is N#Cc1ccc(Oc2ccc(OP3(Oc4ccccc4)=NP(Oc4ccccc4)(Oc4ccccc4)=NP(Oc4ccccc4)(Oc4ccccc4)=N3)cc2)cc1C#N. The summed E-state index contributed by atoms with van der Waals surface area (Å²) in [5.41, 5.74) is 0.450. The molecular formula is C44H32N5O7P3. The molecule has 0 spiro atoms. The Hall–Kier alpha value is -7.19. The number of benzene rings is 7. The van der Waals surface area contributed by atoms with E-state index >= 15 is 0 Å². The monoisotopic (exact) mass is 835 g/mol. The third-order valence-corrected chi connectivity index (χ3v) is 16.1. The summed E-state index contributed by atoms with van der Waals surface area (Å²) in [4.78, 5) is 0. The molecule has 0 saturated carbocycles. The van der Waals surface area contributed by atoms with Gasteiger partial charge in [-0.25, -0.2) is 0 Å². The van der Waals surface area contributed by atoms with Crippen molar-refractivity contribution in [2.45, 2.75) is 0 Å². The molecule has 290 valence electrons. The molecule has 15 heteroatoms. The molecule has 0 radical (unpaired) electrons. The molecule has 0 bridgehead atoms. The summed E-state index contributed by atoms with van der Waals surface area (Å²) in [6, 6.07) is 60.7. The van der Waals surface area contributed by atoms with Gasteiger partial charge in [-0.15, -0.1) is 0 Å². The Morgan fingerprint density at radius 1 is 0.305 bits per heavy atom. The molecule has 59 heavy (non-hydrogen) atoms. The first-order valence-electron chi connectivity index (χ1n) is 18.0. The standard InChI is InChI=1S/C44H32N5O7P3/c45-33-35-26-27-44(32-36(35)34-46)50-37-28-30-43(31-29-37)56-59(55-42-24-14-5-15-25-42)48-57(51-38-16-6-1-7-17-38,52-39-18-8-2-9-19-39)47-58(49-59,53-40-20-10-3-11-21-40)54-41-22-12-4-13-23-41/h1-32H. The highest BCUT2D eigenvalue weighted by Crippen LogP contribution is 2.78. The smallest absolute Gasteiger partial charge is 0.457 e. The van der Waals surface area contributed by atoms with Crippen molar-refractivity contribution in [2.24, 2.45) is 13.5 Å². The summed E-state index contributed by atoms with van der Waals surface area (Å²) in [5.74, 6) is 3.12. The summed E-state index contributed by atoms with van der Waals surface area (Å²) in [5, 5.41) is 18.9. The molecule has 8 rings (SSSR count). The summed E-state index contributed by atoms with van der Waals surface area (Å²) in [7, 11) is -12.1. The van der Waals surface area contributed by atoms with Gasteiger partial charge in [0.05, 0.1) is 11.1 Å². The number of hydrogen-bond acceptors (Lipinski definition) is 12. The van der Waals surface area contributed by atoms with Crippen molar-refractivity contribution in [3.8, 4) is 58.1 Å². The highest BCUT2D eigenvalue weighted by atomic mass is 31.3. The first-order chi connectivity index (χ1) is 28.9. The van der Waals surface area contributed by atoms with Crippen molar-refractivity contribution >= 4 is 23.0 Å². The number of ether oxygens (including phenoxy) is 1. The molecule has 0 saturated heterocycles. The van der Waals surface area contributed by atoms with Crippen molar-refractivity contribution in [2.75, 3.05) is 0 Å². The molecule has 1 unspecified atom stereocenters. The van der Waals surface area contributed by atoms with Gasteiger partial charge in [0.15, 0.2) is 0 Å². The van der Waals surface area contributed by atoms with Crippen LogP contribution in [0, 0.1) is 22.7 Å². The lowest BCUT2D eigenvalue weighted by molar-refractivity contribution is 0.442. The molecule has 1 heterocycles. The third-order valence-electron chi connectivity index (χ3n) is 8.03. The predicted molar refractivity (Wildman–Crippen MR) is 226 cm³/mol. The fourth-order valence-electron chi connectivity index (χ4n) is 5.47. The van der Waals surface area contributed by atoms with Crippen LogP contribution in [0.5, 0.6) is 46.0 Å². The Morgan fingerprint density at radius 2 is 0.576 bits per heavy atom. The first kappa shape index (κ1) is 38.7. The van der Waals surface area contributed by atoms with Gasteiger partial charge in [0.25, 0.3) is 0 Å². The fourth-order valence-corrected chi connectivity index (χ4v) is 14.5. The molecule has 1 atom stereocenters. The van der Waals surface area contributed by atoms with Gasteiger partial charge in [-0.1, -0.05) is 105 Å². The molecule has 7 aromatic rings. The van der Waals surface area contributed by atoms with Crippen LogP contribution in [-0.2, 0) is 0 Å². The van der Waals surface area contributed by atoms with Crippen molar-refractivity contribution in [3.05, 3.63) is 205 Å². The zero-order valence-electron chi connectivity index (χ0n) is 30.9. The van der Waals surface area contributed by atoms with E-state index in [4.69, 9.17) is 45.4 Å². The normalized spacial score (nSPS) is 15.8. The molecule has 1 aliphatic rings. The Morgan fingerprint density at radius 3 is 0.881 bits per heavy atom. The van der Waals surface area contributed by atoms with E-state index in [1.54, 1.807) is 91.0 Å². The lowest BCUT2D eigenvalue weighted by Gasteiger charge is -2.33. The molecule has 0 amide bonds. The number of nitriles is 2. The van der Waals surface area contributed by atoms with Gasteiger partial charge < -0.3 is 31.9 Å². The maximum atomic E-state index is 9.53. The van der Waals surface area contributed by atoms with E-state index in [-0.39, 0.29) is 11.1 Å². The second kappa shape index (κ2) is 17.5. The van der Waals surface area contributed by atoms with Gasteiger partial charge in [-0.3, -0.25) is 0 Å². The molecule has 1 aliphatic heterocycles. The number of para-hydroxylation sites is 5. The quantitative estimate of drug-likeness (QED) is 0.0975. The Kier molecular flexibility index (Phi) is 11.5. The topological polar surface area (TPSA) is 149 Å². The van der Waals surface area contributed by atoms with E-state index in [1.807, 2.05) is 103 Å². The van der Waals surface area contributed by atoms with Crippen LogP contribution < -0.4 is 31.9 Å². The summed E-state index contributed by atoms with van der Waals surface area (Å²) < 4.78 is 62.6. The van der Waals surface area contributed by atoms with Gasteiger partial charge in [0.2, 0.25) is 0 Å². The lowest BCUT2D eigenvalue weighted by Crippen LogP contribution is -2.11. The highest BCUT2D eigenvalue weighted by molar-refractivity contribution is 7.79. The second-order valence-electron chi connectivity index (χ2n) is 12.4. The first-order valence-corrected chi connectivity index (χ1v) is 22.6. The predicted octanol–water partition coefficient (Wildman–Crippen LogP) is 13.8. The molecule has 0 N–H and O–H groups in total. The van der Waals surface area contributed by atoms with Crippen LogP contribution in [0.1, 0.15) is 11.1 Å². The maximum Gasteiger partial charge on any atom is 0.460 e. The van der Waals surface area contributed by atoms with E-state index < -0.39 is 23.0 Å². The van der Waals surface area contributed by atoms with Crippen molar-refractivity contribution in [3.63, 3.8) is 0 Å². The molecule has 7 aromatic carbocycles. The van der Waals surface area contributed by atoms with Crippen LogP contribution in [0.2, 0.25) is 0 Å². The molecule has 0 aromatic heterocycles. The van der Waals surface area contributed by atoms with Crippen LogP contribution in [0.3, 0.4) is 0 Å². The number of nitrogens with zero attached hydrogens (tertiary/aromatic N) is 5. The second-order valence-corrected chi connectivity index (χ2v) is 18.5. The highest BCUT2D eigenvalue weighted by Gasteiger charge is 2.49. The van der Waals surface area contributed by atoms with Crippen LogP contribution in [0.4, 0.5) is 0 Å². The fraction of sp³-hybridized carbons (Fsp3) is 0. The molecule has 0 aliphatic carbocycles. The van der Waals surface area contributed by atoms with Crippen LogP contribution >= 0.6 is 23.0 Å². The number of hydrogen-bond donors (Lipinski definition) is 0. The number of rotatable bonds is 14. The van der Waals surface area contributed by atoms with E-state index in [0.29, 0.717) is 46.0 Å². The molecular weight excluding hydrogens is 803 g/mol. The molecule has 0 fully saturated rings. The van der Waals surface area contributed by atoms with Crippen LogP contribution in [0.15, 0.2) is 208 Å². The zero-order valence-corrected chi connectivity index (χ0v) is 33.6. The van der Waals surface area contributed by atoms with E-state index in [2.05, 4.69) is 0 Å². The maximum absolute atomic E-state index is 9.53. The Bertz CT molecular complexity index is 2630. The third kappa shape index (κ3) is 9.68. The van der Waals surface area contributed by atoms with Crippen LogP contribution in [0.25, 0.3) is 0 Å². The van der Waals surface area contributed by atoms with E-state index in [9.17, 15) is 10.5 Å². The van der Waals surface area contributed by atoms with Crippen molar-refractivity contribution in [1.29, 1.82) is 10.5 Å². The summed E-state index contributed by atoms with van der Waals surface area (Å²) in [6.45, 7) is 0. The zero-order chi connectivity index (χ0) is 40.4. The van der Waals surface area contributed by atoms with E-state index in [0.717, 1.165) is 0 Å². The van der Waals surface area contributed by atoms with Gasteiger partial charge >= 0.3 is 23.0 Å². The molecule has 12 nitrogen and oxygen atoms in total.